The molecule has 1 amide bonds. The summed E-state index contributed by atoms with van der Waals surface area (Å²) in [4.78, 5) is 44.0. The first-order valence-corrected chi connectivity index (χ1v) is 14.2. The van der Waals surface area contributed by atoms with E-state index in [-0.39, 0.29) is 30.4 Å². The van der Waals surface area contributed by atoms with Gasteiger partial charge in [-0.3, -0.25) is 4.79 Å². The molecule has 12 nitrogen and oxygen atoms in total. The van der Waals surface area contributed by atoms with E-state index in [0.29, 0.717) is 16.9 Å². The average molecular weight is 728 g/mol. The lowest BCUT2D eigenvalue weighted by molar-refractivity contribution is -0.193. The lowest BCUT2D eigenvalue weighted by Gasteiger charge is -2.30. The van der Waals surface area contributed by atoms with Crippen molar-refractivity contribution in [3.63, 3.8) is 0 Å². The fraction of sp³-hybridized carbons (Fsp3) is 0.379. The van der Waals surface area contributed by atoms with Gasteiger partial charge in [0.2, 0.25) is 5.82 Å². The van der Waals surface area contributed by atoms with Gasteiger partial charge in [0.05, 0.1) is 23.2 Å². The Morgan fingerprint density at radius 3 is 2.00 bits per heavy atom. The number of benzene rings is 2. The van der Waals surface area contributed by atoms with Gasteiger partial charge < -0.3 is 32.3 Å². The summed E-state index contributed by atoms with van der Waals surface area (Å²) in [6.07, 6.45) is -11.0. The molecular formula is C29H30F9N7O5. The van der Waals surface area contributed by atoms with Crippen molar-refractivity contribution in [3.05, 3.63) is 65.0 Å². The molecule has 1 heterocycles. The number of aromatic nitrogens is 2. The fourth-order valence-electron chi connectivity index (χ4n) is 4.37. The summed E-state index contributed by atoms with van der Waals surface area (Å²) in [6.45, 7) is 1.84. The molecule has 2 unspecified atom stereocenters. The zero-order valence-corrected chi connectivity index (χ0v) is 25.7. The normalized spacial score (nSPS) is 16.1. The molecule has 1 aliphatic rings. The van der Waals surface area contributed by atoms with E-state index in [1.54, 1.807) is 6.07 Å². The van der Waals surface area contributed by atoms with Crippen molar-refractivity contribution in [2.75, 3.05) is 5.32 Å². The van der Waals surface area contributed by atoms with Crippen molar-refractivity contribution >= 4 is 40.5 Å². The number of carboxylic acids is 2. The quantitative estimate of drug-likeness (QED) is 0.112. The van der Waals surface area contributed by atoms with E-state index < -0.39 is 41.9 Å². The minimum atomic E-state index is -5.08. The van der Waals surface area contributed by atoms with Crippen LogP contribution in [0.25, 0.3) is 10.9 Å². The number of nitrogens with one attached hydrogen (secondary N) is 2. The van der Waals surface area contributed by atoms with Crippen LogP contribution < -0.4 is 22.1 Å². The molecule has 4 rings (SSSR count). The standard InChI is InChI=1S/C25H28F3N7O.2C2HF3O2/c1-14-9-10-18-17(11-14)21(33-19-7-2-3-8-20(19)34-24(29)30)35-22(32-18)23(36)31-13-15-5-4-6-16(12-15)25(26,27)28;2*3-2(4,5)1(6)7/h4-6,9-12,19-20H,2-3,7-8,13H2,1H3,(H,31,36)(H4,29,30,34)(H,32,33,35);2*(H,6,7). The molecule has 2 atom stereocenters. The van der Waals surface area contributed by atoms with Gasteiger partial charge >= 0.3 is 30.5 Å². The Morgan fingerprint density at radius 2 is 1.46 bits per heavy atom. The molecule has 274 valence electrons. The van der Waals surface area contributed by atoms with Crippen LogP contribution in [0.5, 0.6) is 0 Å². The number of guanidine groups is 1. The molecule has 50 heavy (non-hydrogen) atoms. The summed E-state index contributed by atoms with van der Waals surface area (Å²) in [5.41, 5.74) is 12.4. The Balaban J connectivity index is 0.000000521. The van der Waals surface area contributed by atoms with Crippen LogP contribution in [0.2, 0.25) is 0 Å². The SMILES string of the molecule is Cc1ccc2nc(C(=O)NCc3cccc(C(F)(F)F)c3)nc(NC3CCCCC3N=C(N)N)c2c1.O=C(O)C(F)(F)F.O=C(O)C(F)(F)F. The van der Waals surface area contributed by atoms with Crippen LogP contribution in [-0.4, -0.2) is 68.4 Å². The Hall–Kier alpha value is -5.37. The number of fused-ring (bicyclic) bond motifs is 1. The van der Waals surface area contributed by atoms with Gasteiger partial charge in [0.25, 0.3) is 5.91 Å². The van der Waals surface area contributed by atoms with Crippen LogP contribution >= 0.6 is 0 Å². The van der Waals surface area contributed by atoms with E-state index in [1.165, 1.54) is 12.1 Å². The molecule has 3 aromatic rings. The number of alkyl halides is 9. The number of aliphatic carboxylic acids is 2. The molecule has 1 saturated carbocycles. The van der Waals surface area contributed by atoms with Crippen molar-refractivity contribution in [1.29, 1.82) is 0 Å². The van der Waals surface area contributed by atoms with Crippen LogP contribution in [0.4, 0.5) is 45.3 Å². The third kappa shape index (κ3) is 12.9. The number of carbonyl (C=O) groups excluding carboxylic acids is 1. The van der Waals surface area contributed by atoms with Gasteiger partial charge in [0.15, 0.2) is 5.96 Å². The largest absolute Gasteiger partial charge is 0.490 e. The predicted octanol–water partition coefficient (Wildman–Crippen LogP) is 5.15. The number of anilines is 1. The summed E-state index contributed by atoms with van der Waals surface area (Å²) < 4.78 is 102. The van der Waals surface area contributed by atoms with Crippen molar-refractivity contribution < 1.29 is 64.1 Å². The van der Waals surface area contributed by atoms with Crippen molar-refractivity contribution in [2.24, 2.45) is 16.5 Å². The Labute approximate surface area is 276 Å². The highest BCUT2D eigenvalue weighted by atomic mass is 19.4. The second kappa shape index (κ2) is 16.8. The third-order valence-corrected chi connectivity index (χ3v) is 6.61. The maximum atomic E-state index is 13.0. The van der Waals surface area contributed by atoms with Crippen LogP contribution in [0, 0.1) is 6.92 Å². The lowest BCUT2D eigenvalue weighted by Crippen LogP contribution is -2.38. The van der Waals surface area contributed by atoms with E-state index in [4.69, 9.17) is 31.3 Å². The molecule has 0 saturated heterocycles. The smallest absolute Gasteiger partial charge is 0.475 e. The number of hydrogen-bond acceptors (Lipinski definition) is 7. The third-order valence-electron chi connectivity index (χ3n) is 6.61. The molecule has 2 aromatic carbocycles. The predicted molar refractivity (Wildman–Crippen MR) is 160 cm³/mol. The molecule has 21 heteroatoms. The molecule has 0 radical (unpaired) electrons. The van der Waals surface area contributed by atoms with E-state index >= 15 is 0 Å². The van der Waals surface area contributed by atoms with Crippen LogP contribution in [0.3, 0.4) is 0 Å². The molecular weight excluding hydrogens is 697 g/mol. The summed E-state index contributed by atoms with van der Waals surface area (Å²) in [6, 6.07) is 10.2. The summed E-state index contributed by atoms with van der Waals surface area (Å²) in [5.74, 6) is -5.69. The number of aryl methyl sites for hydroxylation is 1. The van der Waals surface area contributed by atoms with Gasteiger partial charge in [0.1, 0.15) is 5.82 Å². The maximum Gasteiger partial charge on any atom is 0.490 e. The number of halogens is 9. The van der Waals surface area contributed by atoms with Crippen LogP contribution in [-0.2, 0) is 22.3 Å². The van der Waals surface area contributed by atoms with E-state index in [0.717, 1.165) is 48.8 Å². The Kier molecular flexibility index (Phi) is 13.7. The number of carbonyl (C=O) groups is 3. The number of nitrogens with zero attached hydrogens (tertiary/aromatic N) is 3. The number of carboxylic acid groups (broad SMARTS) is 2. The minimum absolute atomic E-state index is 0.0201. The van der Waals surface area contributed by atoms with Crippen molar-refractivity contribution in [3.8, 4) is 0 Å². The highest BCUT2D eigenvalue weighted by molar-refractivity contribution is 5.96. The lowest BCUT2D eigenvalue weighted by atomic mass is 9.90. The Morgan fingerprint density at radius 1 is 0.880 bits per heavy atom. The van der Waals surface area contributed by atoms with E-state index in [2.05, 4.69) is 25.6 Å². The minimum Gasteiger partial charge on any atom is -0.475 e. The van der Waals surface area contributed by atoms with Gasteiger partial charge in [-0.25, -0.2) is 24.5 Å². The topological polar surface area (TPSA) is 206 Å². The maximum absolute atomic E-state index is 13.0. The first-order chi connectivity index (χ1) is 23.0. The van der Waals surface area contributed by atoms with Gasteiger partial charge in [-0.15, -0.1) is 0 Å². The van der Waals surface area contributed by atoms with Gasteiger partial charge in [-0.05, 0) is 49.6 Å². The average Bonchev–Trinajstić information content (AvgIpc) is 3.00. The monoisotopic (exact) mass is 727 g/mol. The second-order valence-electron chi connectivity index (χ2n) is 10.6. The fourth-order valence-corrected chi connectivity index (χ4v) is 4.37. The summed E-state index contributed by atoms with van der Waals surface area (Å²) >= 11 is 0. The highest BCUT2D eigenvalue weighted by Crippen LogP contribution is 2.30. The molecule has 8 N–H and O–H groups in total. The zero-order chi connectivity index (χ0) is 38.0. The highest BCUT2D eigenvalue weighted by Gasteiger charge is 2.39. The summed E-state index contributed by atoms with van der Waals surface area (Å²) in [5, 5.41) is 21.0. The van der Waals surface area contributed by atoms with E-state index in [9.17, 15) is 44.3 Å². The van der Waals surface area contributed by atoms with Crippen LogP contribution in [0.1, 0.15) is 53.0 Å². The van der Waals surface area contributed by atoms with Gasteiger partial charge in [-0.2, -0.15) is 39.5 Å². The second-order valence-corrected chi connectivity index (χ2v) is 10.6. The molecule has 1 aliphatic carbocycles. The molecule has 0 spiro atoms. The molecule has 0 bridgehead atoms. The first kappa shape index (κ1) is 40.8. The Bertz CT molecular complexity index is 1670. The van der Waals surface area contributed by atoms with E-state index in [1.807, 2.05) is 19.1 Å². The zero-order valence-electron chi connectivity index (χ0n) is 25.7. The first-order valence-electron chi connectivity index (χ1n) is 14.2. The number of amides is 1. The van der Waals surface area contributed by atoms with Gasteiger partial charge in [0, 0.05) is 11.9 Å². The van der Waals surface area contributed by atoms with Crippen molar-refractivity contribution in [1.82, 2.24) is 15.3 Å². The number of aliphatic imine (C=N–C) groups is 1. The van der Waals surface area contributed by atoms with Gasteiger partial charge in [-0.1, -0.05) is 36.6 Å². The summed E-state index contributed by atoms with van der Waals surface area (Å²) in [7, 11) is 0. The van der Waals surface area contributed by atoms with Crippen LogP contribution in [0.15, 0.2) is 47.5 Å². The number of hydrogen-bond donors (Lipinski definition) is 6. The molecule has 1 aromatic heterocycles. The number of rotatable bonds is 6. The molecule has 0 aliphatic heterocycles. The number of nitrogens with two attached hydrogens (primary N) is 2. The molecule has 1 fully saturated rings. The van der Waals surface area contributed by atoms with Crippen molar-refractivity contribution in [2.45, 2.75) is 69.8 Å².